The molecule has 0 aliphatic rings. The van der Waals surface area contributed by atoms with Gasteiger partial charge in [0.2, 0.25) is 0 Å². The molecule has 0 saturated carbocycles. The number of nitrogens with zero attached hydrogens (tertiary/aromatic N) is 5. The number of nitrogens with two attached hydrogens (primary N) is 1. The van der Waals surface area contributed by atoms with Crippen LogP contribution in [0.4, 0.5) is 11.6 Å². The second-order valence-electron chi connectivity index (χ2n) is 7.32. The second kappa shape index (κ2) is 9.89. The van der Waals surface area contributed by atoms with Gasteiger partial charge in [0.25, 0.3) is 0 Å². The molecular weight excluding hydrogens is 378 g/mol. The highest BCUT2D eigenvalue weighted by Crippen LogP contribution is 2.22. The fourth-order valence-corrected chi connectivity index (χ4v) is 2.84. The number of aliphatic imine (C=N–C) groups is 1. The van der Waals surface area contributed by atoms with Crippen LogP contribution in [0.2, 0.25) is 0 Å². The van der Waals surface area contributed by atoms with Gasteiger partial charge in [-0.25, -0.2) is 4.98 Å². The summed E-state index contributed by atoms with van der Waals surface area (Å²) in [6, 6.07) is 7.68. The topological polar surface area (TPSA) is 122 Å². The number of hydrogen-bond acceptors (Lipinski definition) is 8. The highest BCUT2D eigenvalue weighted by molar-refractivity contribution is 6.11. The number of aliphatic hydroxyl groups excluding tert-OH is 1. The number of fused-ring (bicyclic) bond motifs is 1. The average Bonchev–Trinajstić information content (AvgIpc) is 2.73. The van der Waals surface area contributed by atoms with Crippen molar-refractivity contribution in [2.45, 2.75) is 33.1 Å². The van der Waals surface area contributed by atoms with Crippen LogP contribution in [0.1, 0.15) is 44.2 Å². The molecule has 0 unspecified atom stereocenters. The number of allylic oxidation sites excluding steroid dienone is 2. The zero-order valence-electron chi connectivity index (χ0n) is 17.5. The first kappa shape index (κ1) is 21.3. The number of rotatable bonds is 8. The summed E-state index contributed by atoms with van der Waals surface area (Å²) >= 11 is 0. The average molecular weight is 406 g/mol. The Morgan fingerprint density at radius 1 is 1.20 bits per heavy atom. The molecule has 0 bridgehead atoms. The third kappa shape index (κ3) is 5.36. The van der Waals surface area contributed by atoms with E-state index >= 15 is 0 Å². The Bertz CT molecular complexity index is 1070. The lowest BCUT2D eigenvalue weighted by atomic mass is 10.1. The molecule has 0 amide bonds. The number of aliphatic hydroxyl groups is 1. The smallest absolute Gasteiger partial charge is 0.154 e. The molecule has 30 heavy (non-hydrogen) atoms. The van der Waals surface area contributed by atoms with Gasteiger partial charge >= 0.3 is 0 Å². The molecule has 0 atom stereocenters. The van der Waals surface area contributed by atoms with Crippen molar-refractivity contribution in [3.05, 3.63) is 53.5 Å². The third-order valence-corrected chi connectivity index (χ3v) is 4.54. The molecule has 3 rings (SSSR count). The standard InChI is InChI=1S/C22H27N7O/c1-14(2)16-10-22(29-26-12-16)28-21-6-5-19-20(27-21)9-17(11-25-19)18(15(3)23)13-24-7-4-8-30/h5-6,9-14,30H,4,7-8,23H2,1-3H3,(H,27,28,29). The molecule has 0 spiro atoms. The van der Waals surface area contributed by atoms with Crippen molar-refractivity contribution in [1.82, 2.24) is 20.2 Å². The molecule has 0 aromatic carbocycles. The Morgan fingerprint density at radius 3 is 2.77 bits per heavy atom. The monoisotopic (exact) mass is 405 g/mol. The predicted octanol–water partition coefficient (Wildman–Crippen LogP) is 3.43. The van der Waals surface area contributed by atoms with E-state index in [0.717, 1.165) is 27.7 Å². The van der Waals surface area contributed by atoms with Crippen LogP contribution in [0.5, 0.6) is 0 Å². The van der Waals surface area contributed by atoms with Crippen LogP contribution >= 0.6 is 0 Å². The van der Waals surface area contributed by atoms with Crippen molar-refractivity contribution in [3.63, 3.8) is 0 Å². The van der Waals surface area contributed by atoms with E-state index in [1.54, 1.807) is 18.6 Å². The van der Waals surface area contributed by atoms with E-state index in [4.69, 9.17) is 10.8 Å². The summed E-state index contributed by atoms with van der Waals surface area (Å²) in [5.41, 5.74) is 10.9. The molecule has 3 aromatic heterocycles. The van der Waals surface area contributed by atoms with Gasteiger partial charge in [0.05, 0.1) is 17.2 Å². The van der Waals surface area contributed by atoms with Crippen molar-refractivity contribution in [2.75, 3.05) is 18.5 Å². The van der Waals surface area contributed by atoms with Crippen LogP contribution in [0.25, 0.3) is 16.6 Å². The van der Waals surface area contributed by atoms with Crippen molar-refractivity contribution in [2.24, 2.45) is 10.7 Å². The maximum atomic E-state index is 8.91. The Hall–Kier alpha value is -3.39. The van der Waals surface area contributed by atoms with Gasteiger partial charge in [0.1, 0.15) is 5.82 Å². The first-order valence-electron chi connectivity index (χ1n) is 9.91. The van der Waals surface area contributed by atoms with E-state index in [1.165, 1.54) is 0 Å². The largest absolute Gasteiger partial charge is 0.402 e. The minimum atomic E-state index is 0.111. The van der Waals surface area contributed by atoms with Crippen molar-refractivity contribution in [3.8, 4) is 0 Å². The van der Waals surface area contributed by atoms with Crippen molar-refractivity contribution >= 4 is 34.5 Å². The molecule has 3 aromatic rings. The Balaban J connectivity index is 1.89. The summed E-state index contributed by atoms with van der Waals surface area (Å²) in [4.78, 5) is 13.5. The maximum Gasteiger partial charge on any atom is 0.154 e. The molecule has 156 valence electrons. The zero-order chi connectivity index (χ0) is 21.5. The highest BCUT2D eigenvalue weighted by atomic mass is 16.3. The second-order valence-corrected chi connectivity index (χ2v) is 7.32. The maximum absolute atomic E-state index is 8.91. The molecule has 4 N–H and O–H groups in total. The number of anilines is 2. The lowest BCUT2D eigenvalue weighted by Gasteiger charge is -2.09. The van der Waals surface area contributed by atoms with Gasteiger partial charge in [-0.15, -0.1) is 5.10 Å². The first-order chi connectivity index (χ1) is 14.5. The van der Waals surface area contributed by atoms with E-state index in [-0.39, 0.29) is 6.61 Å². The fraction of sp³-hybridized carbons (Fsp3) is 0.318. The minimum Gasteiger partial charge on any atom is -0.402 e. The van der Waals surface area contributed by atoms with Crippen LogP contribution in [-0.2, 0) is 0 Å². The van der Waals surface area contributed by atoms with Gasteiger partial charge in [-0.1, -0.05) is 13.8 Å². The molecule has 0 fully saturated rings. The van der Waals surface area contributed by atoms with Crippen LogP contribution in [0, 0.1) is 0 Å². The third-order valence-electron chi connectivity index (χ3n) is 4.54. The number of pyridine rings is 2. The molecule has 8 heteroatoms. The number of hydrogen-bond donors (Lipinski definition) is 3. The lowest BCUT2D eigenvalue weighted by Crippen LogP contribution is -2.02. The summed E-state index contributed by atoms with van der Waals surface area (Å²) in [6.45, 7) is 6.69. The van der Waals surface area contributed by atoms with Gasteiger partial charge in [0.15, 0.2) is 5.82 Å². The molecule has 3 heterocycles. The van der Waals surface area contributed by atoms with Crippen LogP contribution in [0.3, 0.4) is 0 Å². The molecular formula is C22H27N7O. The predicted molar refractivity (Wildman–Crippen MR) is 121 cm³/mol. The molecule has 0 aliphatic heterocycles. The van der Waals surface area contributed by atoms with E-state index in [1.807, 2.05) is 31.2 Å². The van der Waals surface area contributed by atoms with E-state index in [2.05, 4.69) is 44.3 Å². The van der Waals surface area contributed by atoms with Gasteiger partial charge in [0, 0.05) is 42.4 Å². The number of nitrogens with one attached hydrogen (secondary N) is 1. The Morgan fingerprint density at radius 2 is 2.03 bits per heavy atom. The number of aromatic nitrogens is 4. The van der Waals surface area contributed by atoms with E-state index in [0.29, 0.717) is 36.2 Å². The van der Waals surface area contributed by atoms with Gasteiger partial charge in [-0.05, 0) is 49.1 Å². The zero-order valence-corrected chi connectivity index (χ0v) is 17.5. The van der Waals surface area contributed by atoms with Crippen LogP contribution in [-0.4, -0.2) is 44.6 Å². The quantitative estimate of drug-likeness (QED) is 0.387. The Labute approximate surface area is 176 Å². The summed E-state index contributed by atoms with van der Waals surface area (Å²) in [7, 11) is 0. The molecule has 0 saturated heterocycles. The molecule has 0 aliphatic carbocycles. The van der Waals surface area contributed by atoms with Gasteiger partial charge < -0.3 is 16.2 Å². The van der Waals surface area contributed by atoms with Gasteiger partial charge in [-0.2, -0.15) is 5.10 Å². The minimum absolute atomic E-state index is 0.111. The Kier molecular flexibility index (Phi) is 7.03. The summed E-state index contributed by atoms with van der Waals surface area (Å²) < 4.78 is 0. The van der Waals surface area contributed by atoms with Crippen molar-refractivity contribution < 1.29 is 5.11 Å². The van der Waals surface area contributed by atoms with E-state index in [9.17, 15) is 0 Å². The van der Waals surface area contributed by atoms with Gasteiger partial charge in [-0.3, -0.25) is 9.98 Å². The summed E-state index contributed by atoms with van der Waals surface area (Å²) in [5.74, 6) is 1.66. The lowest BCUT2D eigenvalue weighted by molar-refractivity contribution is 0.291. The summed E-state index contributed by atoms with van der Waals surface area (Å²) in [6.07, 6.45) is 5.87. The fourth-order valence-electron chi connectivity index (χ4n) is 2.84. The molecule has 0 radical (unpaired) electrons. The highest BCUT2D eigenvalue weighted by Gasteiger charge is 2.08. The van der Waals surface area contributed by atoms with Crippen LogP contribution < -0.4 is 11.1 Å². The van der Waals surface area contributed by atoms with Crippen molar-refractivity contribution in [1.29, 1.82) is 0 Å². The SMILES string of the molecule is CC(N)=C(C=NCCCO)c1cnc2ccc(Nc3cc(C(C)C)cnn3)nc2c1. The normalized spacial score (nSPS) is 12.6. The first-order valence-corrected chi connectivity index (χ1v) is 9.91. The molecule has 8 nitrogen and oxygen atoms in total. The van der Waals surface area contributed by atoms with E-state index < -0.39 is 0 Å². The van der Waals surface area contributed by atoms with Crippen LogP contribution in [0.15, 0.2) is 47.3 Å². The summed E-state index contributed by atoms with van der Waals surface area (Å²) in [5, 5.41) is 20.3.